The number of hydrogen-bond acceptors (Lipinski definition) is 5. The fraction of sp³-hybridized carbons (Fsp3) is 0.800. The third kappa shape index (κ3) is 6.48. The second-order valence-corrected chi connectivity index (χ2v) is 8.27. The van der Waals surface area contributed by atoms with Gasteiger partial charge in [-0.05, 0) is 47.0 Å². The topological polar surface area (TPSA) is 84.9 Å². The monoisotopic (exact) mass is 348 g/mol. The second-order valence-electron chi connectivity index (χ2n) is 6.64. The largest absolute Gasteiger partial charge is 0.443 e. The summed E-state index contributed by atoms with van der Waals surface area (Å²) in [6.07, 6.45) is 2.57. The molecule has 0 radical (unpaired) electrons. The first kappa shape index (κ1) is 19.9. The number of carbonyl (C=O) groups is 1. The molecule has 0 aromatic rings. The smallest absolute Gasteiger partial charge is 0.425 e. The van der Waals surface area contributed by atoms with Gasteiger partial charge in [0.1, 0.15) is 5.60 Å². The van der Waals surface area contributed by atoms with Gasteiger partial charge in [-0.2, -0.15) is 17.4 Å². The quantitative estimate of drug-likeness (QED) is 0.713. The normalized spacial score (nSPS) is 20.1. The predicted octanol–water partition coefficient (Wildman–Crippen LogP) is 2.20. The van der Waals surface area contributed by atoms with Crippen molar-refractivity contribution in [3.05, 3.63) is 12.7 Å². The molecule has 0 unspecified atom stereocenters. The Labute approximate surface area is 139 Å². The molecule has 1 aliphatic rings. The van der Waals surface area contributed by atoms with Crippen LogP contribution in [0.2, 0.25) is 0 Å². The molecule has 1 fully saturated rings. The molecule has 0 aromatic carbocycles. The van der Waals surface area contributed by atoms with E-state index in [1.807, 2.05) is 0 Å². The van der Waals surface area contributed by atoms with Gasteiger partial charge in [0.15, 0.2) is 0 Å². The molecule has 0 spiro atoms. The van der Waals surface area contributed by atoms with E-state index < -0.39 is 27.9 Å². The van der Waals surface area contributed by atoms with Crippen molar-refractivity contribution in [2.45, 2.75) is 64.7 Å². The molecule has 1 rings (SSSR count). The fourth-order valence-electron chi connectivity index (χ4n) is 2.23. The van der Waals surface area contributed by atoms with Crippen LogP contribution in [0.4, 0.5) is 4.79 Å². The molecule has 1 heterocycles. The van der Waals surface area contributed by atoms with E-state index in [0.29, 0.717) is 13.0 Å². The van der Waals surface area contributed by atoms with Gasteiger partial charge in [0, 0.05) is 13.2 Å². The van der Waals surface area contributed by atoms with Crippen molar-refractivity contribution in [3.63, 3.8) is 0 Å². The van der Waals surface area contributed by atoms with Crippen LogP contribution in [-0.4, -0.2) is 49.7 Å². The number of nitrogens with zero attached hydrogens (tertiary/aromatic N) is 1. The predicted molar refractivity (Wildman–Crippen MR) is 88.2 cm³/mol. The molecule has 134 valence electrons. The molecule has 1 amide bonds. The maximum Gasteiger partial charge on any atom is 0.425 e. The zero-order chi connectivity index (χ0) is 17.7. The molecular weight excluding hydrogens is 320 g/mol. The number of ether oxygens (including phenoxy) is 2. The van der Waals surface area contributed by atoms with Crippen LogP contribution >= 0.6 is 0 Å². The van der Waals surface area contributed by atoms with E-state index in [-0.39, 0.29) is 12.6 Å². The summed E-state index contributed by atoms with van der Waals surface area (Å²) in [6.45, 7) is 11.1. The van der Waals surface area contributed by atoms with Crippen molar-refractivity contribution in [3.8, 4) is 0 Å². The van der Waals surface area contributed by atoms with Crippen molar-refractivity contribution in [2.75, 3.05) is 13.2 Å². The highest BCUT2D eigenvalue weighted by molar-refractivity contribution is 7.87. The number of hydrogen-bond donors (Lipinski definition) is 1. The summed E-state index contributed by atoms with van der Waals surface area (Å²) in [5, 5.41) is 0. The lowest BCUT2D eigenvalue weighted by Crippen LogP contribution is -2.51. The minimum atomic E-state index is -4.02. The lowest BCUT2D eigenvalue weighted by Gasteiger charge is -2.30. The third-order valence-electron chi connectivity index (χ3n) is 3.26. The summed E-state index contributed by atoms with van der Waals surface area (Å²) in [5.41, 5.74) is -0.784. The summed E-state index contributed by atoms with van der Waals surface area (Å²) in [5.74, 6) is 0. The first-order chi connectivity index (χ1) is 10.6. The molecule has 1 aliphatic heterocycles. The number of carbonyl (C=O) groups excluding carboxylic acids is 1. The number of nitrogens with one attached hydrogen (secondary N) is 1. The zero-order valence-corrected chi connectivity index (χ0v) is 15.2. The Bertz CT molecular complexity index is 506. The first-order valence-corrected chi connectivity index (χ1v) is 9.25. The summed E-state index contributed by atoms with van der Waals surface area (Å²) >= 11 is 0. The van der Waals surface area contributed by atoms with Crippen molar-refractivity contribution < 1.29 is 22.7 Å². The number of rotatable bonds is 7. The Morgan fingerprint density at radius 3 is 2.65 bits per heavy atom. The molecule has 0 saturated carbocycles. The van der Waals surface area contributed by atoms with E-state index >= 15 is 0 Å². The highest BCUT2D eigenvalue weighted by Gasteiger charge is 2.35. The summed E-state index contributed by atoms with van der Waals surface area (Å²) in [7, 11) is -4.02. The van der Waals surface area contributed by atoms with E-state index in [9.17, 15) is 13.2 Å². The Kier molecular flexibility index (Phi) is 7.03. The molecule has 8 heteroatoms. The van der Waals surface area contributed by atoms with E-state index in [1.54, 1.807) is 33.8 Å². The molecule has 0 aliphatic carbocycles. The summed E-state index contributed by atoms with van der Waals surface area (Å²) in [6, 6.07) is -0.593. The molecule has 2 atom stereocenters. The molecule has 0 bridgehead atoms. The van der Waals surface area contributed by atoms with Gasteiger partial charge in [-0.15, -0.1) is 6.58 Å². The van der Waals surface area contributed by atoms with Gasteiger partial charge in [-0.25, -0.2) is 4.79 Å². The first-order valence-electron chi connectivity index (χ1n) is 7.81. The zero-order valence-electron chi connectivity index (χ0n) is 14.4. The van der Waals surface area contributed by atoms with E-state index in [1.165, 1.54) is 0 Å². The highest BCUT2D eigenvalue weighted by Crippen LogP contribution is 2.17. The van der Waals surface area contributed by atoms with Crippen LogP contribution < -0.4 is 4.72 Å². The van der Waals surface area contributed by atoms with E-state index in [2.05, 4.69) is 11.3 Å². The van der Waals surface area contributed by atoms with Crippen LogP contribution in [0.3, 0.4) is 0 Å². The average molecular weight is 348 g/mol. The molecule has 1 N–H and O–H groups in total. The molecular formula is C15H28N2O5S. The minimum Gasteiger partial charge on any atom is -0.443 e. The Balaban J connectivity index is 2.87. The van der Waals surface area contributed by atoms with Crippen LogP contribution in [0.5, 0.6) is 0 Å². The van der Waals surface area contributed by atoms with Gasteiger partial charge in [0.25, 0.3) is 0 Å². The summed E-state index contributed by atoms with van der Waals surface area (Å²) in [4.78, 5) is 12.3. The van der Waals surface area contributed by atoms with Crippen LogP contribution in [-0.2, 0) is 19.7 Å². The Morgan fingerprint density at radius 2 is 2.17 bits per heavy atom. The van der Waals surface area contributed by atoms with Crippen LogP contribution in [0, 0.1) is 0 Å². The van der Waals surface area contributed by atoms with Crippen LogP contribution in [0.25, 0.3) is 0 Å². The van der Waals surface area contributed by atoms with Crippen molar-refractivity contribution >= 4 is 16.3 Å². The van der Waals surface area contributed by atoms with E-state index in [4.69, 9.17) is 9.47 Å². The van der Waals surface area contributed by atoms with Gasteiger partial charge < -0.3 is 9.47 Å². The van der Waals surface area contributed by atoms with Crippen molar-refractivity contribution in [1.82, 2.24) is 9.03 Å². The third-order valence-corrected chi connectivity index (χ3v) is 4.82. The summed E-state index contributed by atoms with van der Waals surface area (Å²) < 4.78 is 38.9. The standard InChI is InChI=1S/C15H28N2O5S/c1-6-8-12(2)17(14(18)22-15(3,4)5)23(19,20)16-11-13-9-7-10-21-13/h6,12-13,16H,1,7-11H2,2-5H3/t12-,13+/m0/s1. The van der Waals surface area contributed by atoms with Gasteiger partial charge >= 0.3 is 16.3 Å². The second kappa shape index (κ2) is 8.12. The minimum absolute atomic E-state index is 0.141. The maximum absolute atomic E-state index is 12.6. The maximum atomic E-state index is 12.6. The number of amides is 1. The van der Waals surface area contributed by atoms with Crippen LogP contribution in [0.15, 0.2) is 12.7 Å². The van der Waals surface area contributed by atoms with Crippen molar-refractivity contribution in [1.29, 1.82) is 0 Å². The Morgan fingerprint density at radius 1 is 1.52 bits per heavy atom. The van der Waals surface area contributed by atoms with Crippen molar-refractivity contribution in [2.24, 2.45) is 0 Å². The SMILES string of the molecule is C=CC[C@H](C)N(C(=O)OC(C)(C)C)S(=O)(=O)NC[C@H]1CCCO1. The van der Waals surface area contributed by atoms with Gasteiger partial charge in [-0.1, -0.05) is 6.08 Å². The van der Waals surface area contributed by atoms with Gasteiger partial charge in [0.2, 0.25) is 0 Å². The van der Waals surface area contributed by atoms with Crippen LogP contribution in [0.1, 0.15) is 47.0 Å². The van der Waals surface area contributed by atoms with Gasteiger partial charge in [-0.3, -0.25) is 0 Å². The lowest BCUT2D eigenvalue weighted by molar-refractivity contribution is 0.0345. The molecule has 23 heavy (non-hydrogen) atoms. The highest BCUT2D eigenvalue weighted by atomic mass is 32.2. The fourth-order valence-corrected chi connectivity index (χ4v) is 3.56. The van der Waals surface area contributed by atoms with E-state index in [0.717, 1.165) is 17.1 Å². The lowest BCUT2D eigenvalue weighted by atomic mass is 10.2. The molecule has 1 saturated heterocycles. The molecule has 7 nitrogen and oxygen atoms in total. The molecule has 0 aromatic heterocycles. The van der Waals surface area contributed by atoms with Gasteiger partial charge in [0.05, 0.1) is 12.1 Å². The Hall–Kier alpha value is -1.12. The average Bonchev–Trinajstić information content (AvgIpc) is 2.87.